The molecule has 0 aromatic rings. The molecule has 10 heavy (non-hydrogen) atoms. The minimum Gasteiger partial charge on any atom is -0.330 e. The molecule has 0 aliphatic heterocycles. The number of hydrogen-bond acceptors (Lipinski definition) is 1. The largest absolute Gasteiger partial charge is 0.330 e. The molecule has 0 amide bonds. The Kier molecular flexibility index (Phi) is 1.19. The molecule has 2 N–H and O–H groups in total. The summed E-state index contributed by atoms with van der Waals surface area (Å²) in [7, 11) is 0. The van der Waals surface area contributed by atoms with E-state index in [0.29, 0.717) is 5.41 Å². The maximum Gasteiger partial charge on any atom is -0.00173 e. The first-order chi connectivity index (χ1) is 4.74. The Hall–Kier alpha value is -0.300. The molecule has 2 aliphatic rings. The quantitative estimate of drug-likeness (QED) is 0.545. The van der Waals surface area contributed by atoms with Crippen molar-refractivity contribution in [1.29, 1.82) is 0 Å². The van der Waals surface area contributed by atoms with E-state index < -0.39 is 0 Å². The first-order valence-corrected chi connectivity index (χ1v) is 4.13. The van der Waals surface area contributed by atoms with Crippen molar-refractivity contribution in [1.82, 2.24) is 0 Å². The molecule has 0 aromatic carbocycles. The van der Waals surface area contributed by atoms with Crippen LogP contribution in [-0.4, -0.2) is 6.54 Å². The molecule has 0 heterocycles. The highest BCUT2D eigenvalue weighted by Gasteiger charge is 2.43. The van der Waals surface area contributed by atoms with Crippen molar-refractivity contribution in [3.05, 3.63) is 12.2 Å². The fourth-order valence-corrected chi connectivity index (χ4v) is 2.43. The monoisotopic (exact) mass is 137 g/mol. The van der Waals surface area contributed by atoms with Gasteiger partial charge in [-0.3, -0.25) is 0 Å². The Balaban J connectivity index is 2.22. The van der Waals surface area contributed by atoms with E-state index in [-0.39, 0.29) is 0 Å². The Labute approximate surface area is 62.3 Å². The molecule has 0 unspecified atom stereocenters. The van der Waals surface area contributed by atoms with Gasteiger partial charge in [0.2, 0.25) is 0 Å². The van der Waals surface area contributed by atoms with E-state index in [2.05, 4.69) is 19.1 Å². The van der Waals surface area contributed by atoms with Crippen LogP contribution < -0.4 is 5.73 Å². The van der Waals surface area contributed by atoms with Crippen LogP contribution >= 0.6 is 0 Å². The second kappa shape index (κ2) is 1.85. The number of nitrogens with two attached hydrogens (primary N) is 1. The molecule has 2 rings (SSSR count). The predicted octanol–water partition coefficient (Wildman–Crippen LogP) is 1.55. The smallest absolute Gasteiger partial charge is 0.00173 e. The first kappa shape index (κ1) is 6.41. The summed E-state index contributed by atoms with van der Waals surface area (Å²) in [6.07, 6.45) is 7.42. The predicted molar refractivity (Wildman–Crippen MR) is 42.5 cm³/mol. The fourth-order valence-electron chi connectivity index (χ4n) is 2.43. The number of fused-ring (bicyclic) bond motifs is 2. The van der Waals surface area contributed by atoms with Crippen molar-refractivity contribution in [2.24, 2.45) is 23.0 Å². The molecule has 1 heteroatoms. The highest BCUT2D eigenvalue weighted by molar-refractivity contribution is 5.14. The number of allylic oxidation sites excluding steroid dienone is 2. The molecular formula is C9H15N. The normalized spacial score (nSPS) is 50.6. The third-order valence-corrected chi connectivity index (χ3v) is 3.26. The standard InChI is InChI=1S/C9H15N/c1-9(6-10)5-7-2-3-8(9)4-7/h2-3,7-8H,4-6,10H2,1H3/t7-,8+,9-/m0/s1. The van der Waals surface area contributed by atoms with Gasteiger partial charge in [-0.25, -0.2) is 0 Å². The molecule has 2 bridgehead atoms. The minimum absolute atomic E-state index is 0.444. The van der Waals surface area contributed by atoms with E-state index in [4.69, 9.17) is 5.73 Å². The zero-order valence-corrected chi connectivity index (χ0v) is 6.51. The van der Waals surface area contributed by atoms with Crippen LogP contribution in [0.2, 0.25) is 0 Å². The van der Waals surface area contributed by atoms with Crippen LogP contribution in [0.5, 0.6) is 0 Å². The van der Waals surface area contributed by atoms with Gasteiger partial charge in [-0.2, -0.15) is 0 Å². The van der Waals surface area contributed by atoms with Gasteiger partial charge in [0.25, 0.3) is 0 Å². The van der Waals surface area contributed by atoms with E-state index in [0.717, 1.165) is 18.4 Å². The highest BCUT2D eigenvalue weighted by Crippen LogP contribution is 2.50. The zero-order chi connectivity index (χ0) is 7.19. The van der Waals surface area contributed by atoms with Crippen LogP contribution in [0.1, 0.15) is 19.8 Å². The van der Waals surface area contributed by atoms with Crippen molar-refractivity contribution in [2.45, 2.75) is 19.8 Å². The molecule has 0 spiro atoms. The lowest BCUT2D eigenvalue weighted by Gasteiger charge is -2.29. The van der Waals surface area contributed by atoms with Crippen LogP contribution in [0, 0.1) is 17.3 Å². The molecule has 1 saturated carbocycles. The van der Waals surface area contributed by atoms with Crippen LogP contribution in [-0.2, 0) is 0 Å². The average molecular weight is 137 g/mol. The summed E-state index contributed by atoms with van der Waals surface area (Å²) >= 11 is 0. The van der Waals surface area contributed by atoms with Gasteiger partial charge in [0.1, 0.15) is 0 Å². The molecular weight excluding hydrogens is 122 g/mol. The van der Waals surface area contributed by atoms with Crippen molar-refractivity contribution in [3.63, 3.8) is 0 Å². The third-order valence-electron chi connectivity index (χ3n) is 3.26. The molecule has 1 nitrogen and oxygen atoms in total. The summed E-state index contributed by atoms with van der Waals surface area (Å²) in [5.41, 5.74) is 6.16. The lowest BCUT2D eigenvalue weighted by Crippen LogP contribution is -2.30. The summed E-state index contributed by atoms with van der Waals surface area (Å²) in [5.74, 6) is 1.65. The van der Waals surface area contributed by atoms with Gasteiger partial charge < -0.3 is 5.73 Å². The van der Waals surface area contributed by atoms with Gasteiger partial charge in [0.05, 0.1) is 0 Å². The third kappa shape index (κ3) is 0.671. The SMILES string of the molecule is C[C@@]1(CN)C[C@H]2C=C[C@@H]1C2. The number of rotatable bonds is 1. The fraction of sp³-hybridized carbons (Fsp3) is 0.778. The Morgan fingerprint density at radius 3 is 2.70 bits per heavy atom. The van der Waals surface area contributed by atoms with Crippen LogP contribution in [0.3, 0.4) is 0 Å². The molecule has 0 radical (unpaired) electrons. The van der Waals surface area contributed by atoms with Gasteiger partial charge in [-0.1, -0.05) is 19.1 Å². The summed E-state index contributed by atoms with van der Waals surface area (Å²) in [5, 5.41) is 0. The molecule has 0 saturated heterocycles. The zero-order valence-electron chi connectivity index (χ0n) is 6.51. The molecule has 0 aromatic heterocycles. The van der Waals surface area contributed by atoms with Crippen LogP contribution in [0.25, 0.3) is 0 Å². The van der Waals surface area contributed by atoms with E-state index in [1.165, 1.54) is 12.8 Å². The lowest BCUT2D eigenvalue weighted by atomic mass is 9.78. The van der Waals surface area contributed by atoms with Gasteiger partial charge in [0.15, 0.2) is 0 Å². The van der Waals surface area contributed by atoms with Crippen LogP contribution in [0.4, 0.5) is 0 Å². The molecule has 1 fully saturated rings. The maximum absolute atomic E-state index is 5.72. The summed E-state index contributed by atoms with van der Waals surface area (Å²) in [6, 6.07) is 0. The summed E-state index contributed by atoms with van der Waals surface area (Å²) in [6.45, 7) is 3.18. The van der Waals surface area contributed by atoms with Gasteiger partial charge in [-0.05, 0) is 36.6 Å². The van der Waals surface area contributed by atoms with Crippen molar-refractivity contribution in [2.75, 3.05) is 6.54 Å². The van der Waals surface area contributed by atoms with Gasteiger partial charge in [-0.15, -0.1) is 0 Å². The van der Waals surface area contributed by atoms with Crippen LogP contribution in [0.15, 0.2) is 12.2 Å². The van der Waals surface area contributed by atoms with Gasteiger partial charge >= 0.3 is 0 Å². The maximum atomic E-state index is 5.72. The molecule has 3 atom stereocenters. The first-order valence-electron chi connectivity index (χ1n) is 4.13. The van der Waals surface area contributed by atoms with Crippen molar-refractivity contribution < 1.29 is 0 Å². The Bertz CT molecular complexity index is 174. The summed E-state index contributed by atoms with van der Waals surface area (Å²) < 4.78 is 0. The second-order valence-electron chi connectivity index (χ2n) is 4.05. The van der Waals surface area contributed by atoms with Crippen molar-refractivity contribution in [3.8, 4) is 0 Å². The van der Waals surface area contributed by atoms with E-state index in [1.807, 2.05) is 0 Å². The van der Waals surface area contributed by atoms with Gasteiger partial charge in [0, 0.05) is 0 Å². The molecule has 56 valence electrons. The highest BCUT2D eigenvalue weighted by atomic mass is 14.6. The topological polar surface area (TPSA) is 26.0 Å². The average Bonchev–Trinajstić information content (AvgIpc) is 2.46. The van der Waals surface area contributed by atoms with E-state index in [1.54, 1.807) is 0 Å². The lowest BCUT2D eigenvalue weighted by molar-refractivity contribution is 0.274. The van der Waals surface area contributed by atoms with Crippen molar-refractivity contribution >= 4 is 0 Å². The summed E-state index contributed by atoms with van der Waals surface area (Å²) in [4.78, 5) is 0. The minimum atomic E-state index is 0.444. The second-order valence-corrected chi connectivity index (χ2v) is 4.05. The number of hydrogen-bond donors (Lipinski definition) is 1. The van der Waals surface area contributed by atoms with E-state index in [9.17, 15) is 0 Å². The Morgan fingerprint density at radius 2 is 2.40 bits per heavy atom. The Morgan fingerprint density at radius 1 is 1.60 bits per heavy atom. The van der Waals surface area contributed by atoms with E-state index >= 15 is 0 Å². The molecule has 2 aliphatic carbocycles.